The molecule has 5 heteroatoms. The number of benzene rings is 2. The largest absolute Gasteiger partial charge is 0.457 e. The maximum Gasteiger partial charge on any atom is 0.251 e. The first-order valence-electron chi connectivity index (χ1n) is 9.56. The summed E-state index contributed by atoms with van der Waals surface area (Å²) in [5.74, 6) is 1.90. The van der Waals surface area contributed by atoms with Crippen molar-refractivity contribution >= 4 is 5.91 Å². The van der Waals surface area contributed by atoms with Gasteiger partial charge in [0.05, 0.1) is 13.2 Å². The van der Waals surface area contributed by atoms with Crippen LogP contribution in [-0.2, 0) is 4.74 Å². The normalized spacial score (nSPS) is 16.1. The van der Waals surface area contributed by atoms with Crippen LogP contribution in [0.4, 0.5) is 0 Å². The Morgan fingerprint density at radius 3 is 2.30 bits per heavy atom. The van der Waals surface area contributed by atoms with Gasteiger partial charge in [0.2, 0.25) is 0 Å². The molecule has 0 saturated carbocycles. The zero-order valence-corrected chi connectivity index (χ0v) is 16.1. The molecule has 0 spiro atoms. The zero-order chi connectivity index (χ0) is 19.1. The number of para-hydroxylation sites is 1. The van der Waals surface area contributed by atoms with E-state index in [-0.39, 0.29) is 5.91 Å². The Morgan fingerprint density at radius 1 is 1.04 bits per heavy atom. The van der Waals surface area contributed by atoms with Gasteiger partial charge in [-0.2, -0.15) is 0 Å². The van der Waals surface area contributed by atoms with E-state index in [9.17, 15) is 4.79 Å². The molecule has 1 saturated heterocycles. The molecular weight excluding hydrogens is 340 g/mol. The lowest BCUT2D eigenvalue weighted by atomic mass is 10.0. The van der Waals surface area contributed by atoms with Crippen molar-refractivity contribution < 1.29 is 14.3 Å². The quantitative estimate of drug-likeness (QED) is 0.812. The van der Waals surface area contributed by atoms with Crippen LogP contribution in [0.5, 0.6) is 11.5 Å². The Bertz CT molecular complexity index is 710. The standard InChI is InChI=1S/C22H28N2O3/c1-17(2)21(24-12-14-26-15-13-24)16-23-22(25)18-8-10-20(11-9-18)27-19-6-4-3-5-7-19/h3-11,17,21H,12-16H2,1-2H3,(H,23,25). The summed E-state index contributed by atoms with van der Waals surface area (Å²) in [6.45, 7) is 8.40. The third-order valence-electron chi connectivity index (χ3n) is 4.85. The molecule has 3 rings (SSSR count). The van der Waals surface area contributed by atoms with Crippen LogP contribution < -0.4 is 10.1 Å². The summed E-state index contributed by atoms with van der Waals surface area (Å²) < 4.78 is 11.2. The van der Waals surface area contributed by atoms with Crippen LogP contribution in [0.1, 0.15) is 24.2 Å². The van der Waals surface area contributed by atoms with Gasteiger partial charge in [-0.05, 0) is 42.3 Å². The van der Waals surface area contributed by atoms with Crippen LogP contribution in [0.25, 0.3) is 0 Å². The van der Waals surface area contributed by atoms with Crippen molar-refractivity contribution in [3.05, 3.63) is 60.2 Å². The van der Waals surface area contributed by atoms with Gasteiger partial charge in [0.1, 0.15) is 11.5 Å². The molecule has 27 heavy (non-hydrogen) atoms. The smallest absolute Gasteiger partial charge is 0.251 e. The molecular formula is C22H28N2O3. The fourth-order valence-corrected chi connectivity index (χ4v) is 3.29. The molecule has 0 bridgehead atoms. The highest BCUT2D eigenvalue weighted by atomic mass is 16.5. The molecule has 0 aliphatic carbocycles. The second-order valence-corrected chi connectivity index (χ2v) is 7.11. The molecule has 0 radical (unpaired) electrons. The summed E-state index contributed by atoms with van der Waals surface area (Å²) in [5.41, 5.74) is 0.639. The lowest BCUT2D eigenvalue weighted by Crippen LogP contribution is -2.51. The second kappa shape index (κ2) is 9.53. The SMILES string of the molecule is CC(C)C(CNC(=O)c1ccc(Oc2ccccc2)cc1)N1CCOCC1. The summed E-state index contributed by atoms with van der Waals surface area (Å²) in [4.78, 5) is 14.9. The monoisotopic (exact) mass is 368 g/mol. The minimum Gasteiger partial charge on any atom is -0.457 e. The molecule has 5 nitrogen and oxygen atoms in total. The fraction of sp³-hybridized carbons (Fsp3) is 0.409. The molecule has 2 aromatic carbocycles. The van der Waals surface area contributed by atoms with Gasteiger partial charge in [0.15, 0.2) is 0 Å². The molecule has 1 fully saturated rings. The Balaban J connectivity index is 1.55. The summed E-state index contributed by atoms with van der Waals surface area (Å²) in [7, 11) is 0. The Labute approximate surface area is 161 Å². The number of ether oxygens (including phenoxy) is 2. The van der Waals surface area contributed by atoms with Crippen LogP contribution in [0.15, 0.2) is 54.6 Å². The van der Waals surface area contributed by atoms with E-state index >= 15 is 0 Å². The van der Waals surface area contributed by atoms with Crippen LogP contribution >= 0.6 is 0 Å². The van der Waals surface area contributed by atoms with Crippen molar-refractivity contribution in [2.45, 2.75) is 19.9 Å². The summed E-state index contributed by atoms with van der Waals surface area (Å²) in [5, 5.41) is 3.08. The lowest BCUT2D eigenvalue weighted by molar-refractivity contribution is 0.00673. The fourth-order valence-electron chi connectivity index (χ4n) is 3.29. The minimum atomic E-state index is -0.0554. The predicted octanol–water partition coefficient (Wildman–Crippen LogP) is 3.57. The van der Waals surface area contributed by atoms with E-state index in [0.717, 1.165) is 32.1 Å². The Morgan fingerprint density at radius 2 is 1.67 bits per heavy atom. The molecule has 144 valence electrons. The molecule has 2 aromatic rings. The van der Waals surface area contributed by atoms with Gasteiger partial charge in [0, 0.05) is 31.2 Å². The highest BCUT2D eigenvalue weighted by molar-refractivity contribution is 5.94. The van der Waals surface area contributed by atoms with Crippen molar-refractivity contribution in [1.29, 1.82) is 0 Å². The average Bonchev–Trinajstić information content (AvgIpc) is 2.70. The topological polar surface area (TPSA) is 50.8 Å². The van der Waals surface area contributed by atoms with Crippen LogP contribution in [0, 0.1) is 5.92 Å². The van der Waals surface area contributed by atoms with E-state index in [1.54, 1.807) is 12.1 Å². The van der Waals surface area contributed by atoms with Crippen LogP contribution in [-0.4, -0.2) is 49.7 Å². The van der Waals surface area contributed by atoms with Gasteiger partial charge in [0.25, 0.3) is 5.91 Å². The highest BCUT2D eigenvalue weighted by Crippen LogP contribution is 2.21. The van der Waals surface area contributed by atoms with Crippen molar-refractivity contribution in [1.82, 2.24) is 10.2 Å². The number of nitrogens with one attached hydrogen (secondary N) is 1. The maximum atomic E-state index is 12.5. The Kier molecular flexibility index (Phi) is 6.85. The number of amides is 1. The number of hydrogen-bond acceptors (Lipinski definition) is 4. The van der Waals surface area contributed by atoms with E-state index in [1.165, 1.54) is 0 Å². The molecule has 1 N–H and O–H groups in total. The molecule has 1 aliphatic heterocycles. The lowest BCUT2D eigenvalue weighted by Gasteiger charge is -2.36. The van der Waals surface area contributed by atoms with Gasteiger partial charge in [-0.25, -0.2) is 0 Å². The number of carbonyl (C=O) groups is 1. The first-order chi connectivity index (χ1) is 13.1. The van der Waals surface area contributed by atoms with E-state index in [0.29, 0.717) is 29.8 Å². The van der Waals surface area contributed by atoms with Gasteiger partial charge < -0.3 is 14.8 Å². The predicted molar refractivity (Wildman–Crippen MR) is 106 cm³/mol. The molecule has 0 aromatic heterocycles. The second-order valence-electron chi connectivity index (χ2n) is 7.11. The molecule has 1 amide bonds. The van der Waals surface area contributed by atoms with Crippen molar-refractivity contribution in [3.8, 4) is 11.5 Å². The van der Waals surface area contributed by atoms with Crippen LogP contribution in [0.2, 0.25) is 0 Å². The van der Waals surface area contributed by atoms with Gasteiger partial charge >= 0.3 is 0 Å². The van der Waals surface area contributed by atoms with Crippen molar-refractivity contribution in [2.75, 3.05) is 32.8 Å². The van der Waals surface area contributed by atoms with E-state index in [2.05, 4.69) is 24.1 Å². The van der Waals surface area contributed by atoms with E-state index in [1.807, 2.05) is 42.5 Å². The zero-order valence-electron chi connectivity index (χ0n) is 16.1. The van der Waals surface area contributed by atoms with Gasteiger partial charge in [-0.15, -0.1) is 0 Å². The Hall–Kier alpha value is -2.37. The molecule has 1 heterocycles. The molecule has 1 atom stereocenters. The number of hydrogen-bond donors (Lipinski definition) is 1. The average molecular weight is 368 g/mol. The number of carbonyl (C=O) groups excluding carboxylic acids is 1. The van der Waals surface area contributed by atoms with E-state index in [4.69, 9.17) is 9.47 Å². The maximum absolute atomic E-state index is 12.5. The molecule has 1 aliphatic rings. The summed E-state index contributed by atoms with van der Waals surface area (Å²) >= 11 is 0. The summed E-state index contributed by atoms with van der Waals surface area (Å²) in [6.07, 6.45) is 0. The third-order valence-corrected chi connectivity index (χ3v) is 4.85. The number of morpholine rings is 1. The highest BCUT2D eigenvalue weighted by Gasteiger charge is 2.24. The first kappa shape index (κ1) is 19.4. The van der Waals surface area contributed by atoms with E-state index < -0.39 is 0 Å². The first-order valence-corrected chi connectivity index (χ1v) is 9.56. The number of rotatable bonds is 7. The summed E-state index contributed by atoms with van der Waals surface area (Å²) in [6, 6.07) is 17.2. The van der Waals surface area contributed by atoms with Crippen molar-refractivity contribution in [2.24, 2.45) is 5.92 Å². The number of nitrogens with zero attached hydrogens (tertiary/aromatic N) is 1. The van der Waals surface area contributed by atoms with Gasteiger partial charge in [-0.1, -0.05) is 32.0 Å². The van der Waals surface area contributed by atoms with Gasteiger partial charge in [-0.3, -0.25) is 9.69 Å². The third kappa shape index (κ3) is 5.55. The molecule has 1 unspecified atom stereocenters. The minimum absolute atomic E-state index is 0.0554. The van der Waals surface area contributed by atoms with Crippen LogP contribution in [0.3, 0.4) is 0 Å². The van der Waals surface area contributed by atoms with Crippen molar-refractivity contribution in [3.63, 3.8) is 0 Å².